The lowest BCUT2D eigenvalue weighted by Gasteiger charge is -2.17. The summed E-state index contributed by atoms with van der Waals surface area (Å²) in [6.45, 7) is 2.26. The molecule has 14 heavy (non-hydrogen) atoms. The molecule has 1 aromatic heterocycles. The Bertz CT molecular complexity index is 308. The summed E-state index contributed by atoms with van der Waals surface area (Å²) in [6.07, 6.45) is 6.77. The monoisotopic (exact) mass is 194 g/mol. The van der Waals surface area contributed by atoms with Crippen molar-refractivity contribution in [3.63, 3.8) is 0 Å². The standard InChI is InChI=1S/C11H18N2O/c1-8-3-4-9(7-8)10(14)11-12-5-6-13(11)2/h5-6,8-10,14H,3-4,7H2,1-2H3. The minimum absolute atomic E-state index is 0.375. The second-order valence-corrected chi connectivity index (χ2v) is 4.52. The van der Waals surface area contributed by atoms with Gasteiger partial charge in [0.05, 0.1) is 0 Å². The summed E-state index contributed by atoms with van der Waals surface area (Å²) in [6, 6.07) is 0. The highest BCUT2D eigenvalue weighted by Gasteiger charge is 2.30. The van der Waals surface area contributed by atoms with E-state index in [2.05, 4.69) is 11.9 Å². The molecule has 0 bridgehead atoms. The first-order valence-corrected chi connectivity index (χ1v) is 5.33. The van der Waals surface area contributed by atoms with E-state index < -0.39 is 0 Å². The summed E-state index contributed by atoms with van der Waals surface area (Å²) >= 11 is 0. The first-order chi connectivity index (χ1) is 6.68. The van der Waals surface area contributed by atoms with Gasteiger partial charge in [0.25, 0.3) is 0 Å². The number of imidazole rings is 1. The lowest BCUT2D eigenvalue weighted by molar-refractivity contribution is 0.0981. The van der Waals surface area contributed by atoms with Crippen LogP contribution >= 0.6 is 0 Å². The summed E-state index contributed by atoms with van der Waals surface area (Å²) in [5.74, 6) is 1.98. The summed E-state index contributed by atoms with van der Waals surface area (Å²) in [5.41, 5.74) is 0. The Morgan fingerprint density at radius 1 is 1.57 bits per heavy atom. The third-order valence-corrected chi connectivity index (χ3v) is 3.30. The van der Waals surface area contributed by atoms with Crippen molar-refractivity contribution in [3.8, 4) is 0 Å². The van der Waals surface area contributed by atoms with Gasteiger partial charge in [-0.15, -0.1) is 0 Å². The molecule has 0 amide bonds. The summed E-state index contributed by atoms with van der Waals surface area (Å²) in [5, 5.41) is 10.1. The first kappa shape index (κ1) is 9.71. The molecule has 0 spiro atoms. The molecular weight excluding hydrogens is 176 g/mol. The largest absolute Gasteiger partial charge is 0.385 e. The van der Waals surface area contributed by atoms with Crippen LogP contribution in [0.25, 0.3) is 0 Å². The minimum atomic E-state index is -0.375. The molecular formula is C11H18N2O. The highest BCUT2D eigenvalue weighted by atomic mass is 16.3. The Morgan fingerprint density at radius 3 is 2.86 bits per heavy atom. The molecule has 1 aliphatic rings. The van der Waals surface area contributed by atoms with Crippen molar-refractivity contribution < 1.29 is 5.11 Å². The zero-order valence-corrected chi connectivity index (χ0v) is 8.85. The van der Waals surface area contributed by atoms with E-state index in [0.717, 1.165) is 24.6 Å². The average molecular weight is 194 g/mol. The van der Waals surface area contributed by atoms with Crippen molar-refractivity contribution in [1.82, 2.24) is 9.55 Å². The minimum Gasteiger partial charge on any atom is -0.385 e. The van der Waals surface area contributed by atoms with E-state index in [1.54, 1.807) is 6.20 Å². The van der Waals surface area contributed by atoms with Crippen molar-refractivity contribution in [3.05, 3.63) is 18.2 Å². The Kier molecular flexibility index (Phi) is 2.59. The Hall–Kier alpha value is -0.830. The number of nitrogens with zero attached hydrogens (tertiary/aromatic N) is 2. The predicted molar refractivity (Wildman–Crippen MR) is 54.7 cm³/mol. The van der Waals surface area contributed by atoms with Crippen LogP contribution in [0.3, 0.4) is 0 Å². The smallest absolute Gasteiger partial charge is 0.137 e. The van der Waals surface area contributed by atoms with Crippen LogP contribution in [0.5, 0.6) is 0 Å². The lowest BCUT2D eigenvalue weighted by Crippen LogP contribution is -2.14. The van der Waals surface area contributed by atoms with E-state index in [1.165, 1.54) is 6.42 Å². The van der Waals surface area contributed by atoms with Gasteiger partial charge in [-0.1, -0.05) is 13.3 Å². The molecule has 0 radical (unpaired) electrons. The Balaban J connectivity index is 2.09. The second-order valence-electron chi connectivity index (χ2n) is 4.52. The molecule has 0 saturated heterocycles. The molecule has 3 nitrogen and oxygen atoms in total. The number of rotatable bonds is 2. The van der Waals surface area contributed by atoms with Crippen LogP contribution in [0, 0.1) is 11.8 Å². The van der Waals surface area contributed by atoms with Crippen LogP contribution < -0.4 is 0 Å². The van der Waals surface area contributed by atoms with E-state index >= 15 is 0 Å². The molecule has 3 atom stereocenters. The van der Waals surface area contributed by atoms with Gasteiger partial charge in [-0.25, -0.2) is 4.98 Å². The Labute approximate surface area is 84.8 Å². The quantitative estimate of drug-likeness (QED) is 0.780. The first-order valence-electron chi connectivity index (χ1n) is 5.33. The third-order valence-electron chi connectivity index (χ3n) is 3.30. The van der Waals surface area contributed by atoms with Gasteiger partial charge >= 0.3 is 0 Å². The van der Waals surface area contributed by atoms with Crippen molar-refractivity contribution in [1.29, 1.82) is 0 Å². The molecule has 3 unspecified atom stereocenters. The van der Waals surface area contributed by atoms with Crippen LogP contribution in [-0.4, -0.2) is 14.7 Å². The number of hydrogen-bond donors (Lipinski definition) is 1. The van der Waals surface area contributed by atoms with Gasteiger partial charge in [0, 0.05) is 19.4 Å². The molecule has 78 valence electrons. The second kappa shape index (κ2) is 3.73. The molecule has 1 saturated carbocycles. The van der Waals surface area contributed by atoms with Crippen molar-refractivity contribution in [2.75, 3.05) is 0 Å². The third kappa shape index (κ3) is 1.69. The molecule has 0 aliphatic heterocycles. The maximum atomic E-state index is 10.1. The molecule has 3 heteroatoms. The SMILES string of the molecule is CC1CCC(C(O)c2nccn2C)C1. The van der Waals surface area contributed by atoms with Crippen LogP contribution in [0.1, 0.15) is 38.1 Å². The van der Waals surface area contributed by atoms with E-state index in [4.69, 9.17) is 0 Å². The number of aliphatic hydroxyl groups excluding tert-OH is 1. The fourth-order valence-electron chi connectivity index (χ4n) is 2.41. The van der Waals surface area contributed by atoms with Crippen LogP contribution in [-0.2, 0) is 7.05 Å². The predicted octanol–water partition coefficient (Wildman–Crippen LogP) is 1.89. The van der Waals surface area contributed by atoms with Gasteiger partial charge in [0.15, 0.2) is 0 Å². The lowest BCUT2D eigenvalue weighted by atomic mass is 9.99. The topological polar surface area (TPSA) is 38.1 Å². The highest BCUT2D eigenvalue weighted by Crippen LogP contribution is 2.38. The fraction of sp³-hybridized carbons (Fsp3) is 0.727. The molecule has 1 aromatic rings. The van der Waals surface area contributed by atoms with Gasteiger partial charge in [-0.2, -0.15) is 0 Å². The van der Waals surface area contributed by atoms with Gasteiger partial charge in [-0.05, 0) is 24.7 Å². The molecule has 1 fully saturated rings. The average Bonchev–Trinajstić information content (AvgIpc) is 2.73. The summed E-state index contributed by atoms with van der Waals surface area (Å²) in [4.78, 5) is 4.20. The van der Waals surface area contributed by atoms with Gasteiger partial charge in [-0.3, -0.25) is 0 Å². The maximum absolute atomic E-state index is 10.1. The van der Waals surface area contributed by atoms with Crippen molar-refractivity contribution in [2.45, 2.75) is 32.3 Å². The Morgan fingerprint density at radius 2 is 2.36 bits per heavy atom. The van der Waals surface area contributed by atoms with E-state index in [1.807, 2.05) is 17.8 Å². The number of aliphatic hydroxyl groups is 1. The van der Waals surface area contributed by atoms with E-state index in [9.17, 15) is 5.11 Å². The molecule has 1 aliphatic carbocycles. The zero-order chi connectivity index (χ0) is 10.1. The molecule has 1 heterocycles. The summed E-state index contributed by atoms with van der Waals surface area (Å²) < 4.78 is 1.91. The van der Waals surface area contributed by atoms with E-state index in [0.29, 0.717) is 5.92 Å². The number of hydrogen-bond acceptors (Lipinski definition) is 2. The van der Waals surface area contributed by atoms with Crippen LogP contribution in [0.4, 0.5) is 0 Å². The van der Waals surface area contributed by atoms with Crippen LogP contribution in [0.15, 0.2) is 12.4 Å². The van der Waals surface area contributed by atoms with Gasteiger partial charge < -0.3 is 9.67 Å². The normalized spacial score (nSPS) is 29.4. The number of aromatic nitrogens is 2. The zero-order valence-electron chi connectivity index (χ0n) is 8.85. The van der Waals surface area contributed by atoms with Crippen LogP contribution in [0.2, 0.25) is 0 Å². The van der Waals surface area contributed by atoms with Gasteiger partial charge in [0.2, 0.25) is 0 Å². The summed E-state index contributed by atoms with van der Waals surface area (Å²) in [7, 11) is 1.93. The van der Waals surface area contributed by atoms with Gasteiger partial charge in [0.1, 0.15) is 11.9 Å². The molecule has 0 aromatic carbocycles. The molecule has 2 rings (SSSR count). The fourth-order valence-corrected chi connectivity index (χ4v) is 2.41. The van der Waals surface area contributed by atoms with Crippen molar-refractivity contribution in [2.24, 2.45) is 18.9 Å². The maximum Gasteiger partial charge on any atom is 0.137 e. The highest BCUT2D eigenvalue weighted by molar-refractivity contribution is 4.98. The number of aryl methyl sites for hydroxylation is 1. The molecule has 1 N–H and O–H groups in total. The van der Waals surface area contributed by atoms with Crippen molar-refractivity contribution >= 4 is 0 Å². The van der Waals surface area contributed by atoms with E-state index in [-0.39, 0.29) is 6.10 Å².